The molecule has 0 aliphatic heterocycles. The van der Waals surface area contributed by atoms with Gasteiger partial charge in [0.1, 0.15) is 17.4 Å². The van der Waals surface area contributed by atoms with E-state index in [2.05, 4.69) is 9.97 Å². The monoisotopic (exact) mass is 395 g/mol. The second-order valence-electron chi connectivity index (χ2n) is 6.73. The number of halogens is 3. The van der Waals surface area contributed by atoms with Gasteiger partial charge in [-0.2, -0.15) is 18.2 Å². The van der Waals surface area contributed by atoms with Crippen molar-refractivity contribution in [2.75, 3.05) is 18.6 Å². The summed E-state index contributed by atoms with van der Waals surface area (Å²) in [5.41, 5.74) is -0.436. The van der Waals surface area contributed by atoms with Crippen molar-refractivity contribution in [1.82, 2.24) is 9.97 Å². The highest BCUT2D eigenvalue weighted by atomic mass is 19.4. The molecule has 0 atom stereocenters. The van der Waals surface area contributed by atoms with Crippen LogP contribution in [0.15, 0.2) is 30.5 Å². The fourth-order valence-corrected chi connectivity index (χ4v) is 3.33. The average molecular weight is 395 g/mol. The zero-order chi connectivity index (χ0) is 20.1. The van der Waals surface area contributed by atoms with Gasteiger partial charge in [-0.15, -0.1) is 0 Å². The topological polar surface area (TPSA) is 47.5 Å². The first-order valence-electron chi connectivity index (χ1n) is 9.46. The quantitative estimate of drug-likeness (QED) is 0.658. The van der Waals surface area contributed by atoms with Gasteiger partial charge in [-0.3, -0.25) is 0 Å². The van der Waals surface area contributed by atoms with Crippen molar-refractivity contribution in [2.24, 2.45) is 0 Å². The van der Waals surface area contributed by atoms with E-state index >= 15 is 0 Å². The number of rotatable bonds is 6. The van der Waals surface area contributed by atoms with E-state index in [9.17, 15) is 13.2 Å². The number of ether oxygens (including phenoxy) is 2. The minimum Gasteiger partial charge on any atom is -0.492 e. The minimum absolute atomic E-state index is 0.0318. The molecule has 0 saturated heterocycles. The van der Waals surface area contributed by atoms with E-state index in [1.54, 1.807) is 24.3 Å². The Morgan fingerprint density at radius 3 is 2.54 bits per heavy atom. The first-order valence-corrected chi connectivity index (χ1v) is 9.46. The molecule has 1 aliphatic rings. The molecule has 1 aliphatic carbocycles. The van der Waals surface area contributed by atoms with Gasteiger partial charge >= 0.3 is 12.2 Å². The van der Waals surface area contributed by atoms with E-state index in [0.717, 1.165) is 38.3 Å². The highest BCUT2D eigenvalue weighted by Crippen LogP contribution is 2.40. The van der Waals surface area contributed by atoms with Crippen LogP contribution in [0.3, 0.4) is 0 Å². The van der Waals surface area contributed by atoms with Crippen molar-refractivity contribution in [2.45, 2.75) is 51.3 Å². The molecular formula is C20H24F3N3O2. The predicted octanol–water partition coefficient (Wildman–Crippen LogP) is 5.37. The standard InChI is InChI=1S/C20H24F3N3O2/c1-3-27-17-12-8-7-11-16(17)26(2)18-15(20(21,22)23)13-24-19(25-18)28-14-9-5-4-6-10-14/h7-8,11-14H,3-6,9-10H2,1-2H3. The van der Waals surface area contributed by atoms with Crippen LogP contribution in [0, 0.1) is 0 Å². The van der Waals surface area contributed by atoms with Gasteiger partial charge in [-0.05, 0) is 44.7 Å². The van der Waals surface area contributed by atoms with Gasteiger partial charge in [0.15, 0.2) is 5.82 Å². The fourth-order valence-electron chi connectivity index (χ4n) is 3.33. The van der Waals surface area contributed by atoms with Gasteiger partial charge in [-0.25, -0.2) is 4.98 Å². The molecule has 1 saturated carbocycles. The Hall–Kier alpha value is -2.51. The van der Waals surface area contributed by atoms with Gasteiger partial charge in [-0.1, -0.05) is 18.6 Å². The Kier molecular flexibility index (Phi) is 6.26. The molecule has 2 aromatic rings. The maximum atomic E-state index is 13.6. The number of aromatic nitrogens is 2. The van der Waals surface area contributed by atoms with Crippen LogP contribution in [0.2, 0.25) is 0 Å². The van der Waals surface area contributed by atoms with Crippen LogP contribution in [-0.4, -0.2) is 29.7 Å². The van der Waals surface area contributed by atoms with Crippen LogP contribution in [0.4, 0.5) is 24.7 Å². The molecule has 1 aromatic carbocycles. The third-order valence-electron chi connectivity index (χ3n) is 4.72. The molecule has 3 rings (SSSR count). The van der Waals surface area contributed by atoms with Crippen molar-refractivity contribution >= 4 is 11.5 Å². The maximum absolute atomic E-state index is 13.6. The van der Waals surface area contributed by atoms with Crippen molar-refractivity contribution in [3.63, 3.8) is 0 Å². The zero-order valence-corrected chi connectivity index (χ0v) is 16.0. The van der Waals surface area contributed by atoms with Gasteiger partial charge in [0.25, 0.3) is 0 Å². The highest BCUT2D eigenvalue weighted by Gasteiger charge is 2.37. The van der Waals surface area contributed by atoms with Gasteiger partial charge in [0.2, 0.25) is 0 Å². The molecule has 0 spiro atoms. The van der Waals surface area contributed by atoms with Crippen LogP contribution in [0.25, 0.3) is 0 Å². The Labute approximate surface area is 162 Å². The molecule has 0 radical (unpaired) electrons. The maximum Gasteiger partial charge on any atom is 0.421 e. The summed E-state index contributed by atoms with van der Waals surface area (Å²) in [6.45, 7) is 2.22. The minimum atomic E-state index is -4.59. The summed E-state index contributed by atoms with van der Waals surface area (Å²) in [6, 6.07) is 6.88. The Bertz CT molecular complexity index is 793. The molecule has 8 heteroatoms. The van der Waals surface area contributed by atoms with Gasteiger partial charge in [0, 0.05) is 13.2 Å². The molecule has 1 aromatic heterocycles. The summed E-state index contributed by atoms with van der Waals surface area (Å²) in [5.74, 6) is 0.217. The van der Waals surface area contributed by atoms with Gasteiger partial charge in [0.05, 0.1) is 12.3 Å². The third kappa shape index (κ3) is 4.66. The molecule has 0 N–H and O–H groups in total. The summed E-state index contributed by atoms with van der Waals surface area (Å²) in [6.07, 6.45) is 1.11. The normalized spacial score (nSPS) is 15.3. The Balaban J connectivity index is 1.97. The van der Waals surface area contributed by atoms with E-state index < -0.39 is 11.7 Å². The highest BCUT2D eigenvalue weighted by molar-refractivity contribution is 5.68. The summed E-state index contributed by atoms with van der Waals surface area (Å²) in [7, 11) is 1.53. The average Bonchev–Trinajstić information content (AvgIpc) is 2.68. The van der Waals surface area contributed by atoms with E-state index in [0.29, 0.717) is 18.0 Å². The molecule has 0 bridgehead atoms. The van der Waals surface area contributed by atoms with Crippen molar-refractivity contribution in [1.29, 1.82) is 0 Å². The number of hydrogen-bond donors (Lipinski definition) is 0. The second kappa shape index (κ2) is 8.67. The summed E-state index contributed by atoms with van der Waals surface area (Å²) >= 11 is 0. The van der Waals surface area contributed by atoms with Crippen LogP contribution >= 0.6 is 0 Å². The summed E-state index contributed by atoms with van der Waals surface area (Å²) in [4.78, 5) is 9.32. The molecule has 5 nitrogen and oxygen atoms in total. The third-order valence-corrected chi connectivity index (χ3v) is 4.72. The predicted molar refractivity (Wildman–Crippen MR) is 100 cm³/mol. The Morgan fingerprint density at radius 1 is 1.14 bits per heavy atom. The fraction of sp³-hybridized carbons (Fsp3) is 0.500. The lowest BCUT2D eigenvalue weighted by Crippen LogP contribution is -2.23. The lowest BCUT2D eigenvalue weighted by atomic mass is 9.98. The SMILES string of the molecule is CCOc1ccccc1N(C)c1nc(OC2CCCCC2)ncc1C(F)(F)F. The number of para-hydroxylation sites is 2. The Morgan fingerprint density at radius 2 is 1.86 bits per heavy atom. The van der Waals surface area contributed by atoms with Crippen molar-refractivity contribution in [3.8, 4) is 11.8 Å². The molecule has 1 fully saturated rings. The number of benzene rings is 1. The number of alkyl halides is 3. The van der Waals surface area contributed by atoms with Gasteiger partial charge < -0.3 is 14.4 Å². The van der Waals surface area contributed by atoms with E-state index in [4.69, 9.17) is 9.47 Å². The second-order valence-corrected chi connectivity index (χ2v) is 6.73. The van der Waals surface area contributed by atoms with E-state index in [-0.39, 0.29) is 17.9 Å². The van der Waals surface area contributed by atoms with Crippen LogP contribution < -0.4 is 14.4 Å². The van der Waals surface area contributed by atoms with Crippen molar-refractivity contribution < 1.29 is 22.6 Å². The van der Waals surface area contributed by atoms with Crippen LogP contribution in [0.1, 0.15) is 44.6 Å². The number of nitrogens with zero attached hydrogens (tertiary/aromatic N) is 3. The molecule has 0 amide bonds. The van der Waals surface area contributed by atoms with E-state index in [1.165, 1.54) is 11.9 Å². The lowest BCUT2D eigenvalue weighted by molar-refractivity contribution is -0.137. The zero-order valence-electron chi connectivity index (χ0n) is 16.0. The summed E-state index contributed by atoms with van der Waals surface area (Å²) in [5, 5.41) is 0. The molecule has 1 heterocycles. The number of hydrogen-bond acceptors (Lipinski definition) is 5. The molecule has 152 valence electrons. The van der Waals surface area contributed by atoms with Crippen molar-refractivity contribution in [3.05, 3.63) is 36.0 Å². The van der Waals surface area contributed by atoms with Crippen LogP contribution in [0.5, 0.6) is 11.8 Å². The first-order chi connectivity index (χ1) is 13.4. The smallest absolute Gasteiger partial charge is 0.421 e. The van der Waals surface area contributed by atoms with E-state index in [1.807, 2.05) is 6.92 Å². The first kappa shape index (κ1) is 20.2. The summed E-state index contributed by atoms with van der Waals surface area (Å²) < 4.78 is 52.1. The molecule has 0 unspecified atom stereocenters. The van der Waals surface area contributed by atoms with Crippen LogP contribution in [-0.2, 0) is 6.18 Å². The lowest BCUT2D eigenvalue weighted by Gasteiger charge is -2.26. The molecular weight excluding hydrogens is 371 g/mol. The number of anilines is 2. The largest absolute Gasteiger partial charge is 0.492 e. The molecule has 28 heavy (non-hydrogen) atoms.